The van der Waals surface area contributed by atoms with Crippen molar-refractivity contribution in [3.05, 3.63) is 36.0 Å². The molecule has 10 heteroatoms. The van der Waals surface area contributed by atoms with Crippen LogP contribution >= 0.6 is 11.6 Å². The van der Waals surface area contributed by atoms with Gasteiger partial charge in [-0.3, -0.25) is 9.59 Å². The van der Waals surface area contributed by atoms with Crippen LogP contribution in [0.3, 0.4) is 0 Å². The van der Waals surface area contributed by atoms with Crippen LogP contribution in [-0.4, -0.2) is 83.0 Å². The first kappa shape index (κ1) is 32.5. The Kier molecular flexibility index (Phi) is 12.0. The van der Waals surface area contributed by atoms with Gasteiger partial charge in [0.25, 0.3) is 0 Å². The van der Waals surface area contributed by atoms with Crippen LogP contribution in [0.4, 0.5) is 0 Å². The maximum Gasteiger partial charge on any atom is 0.303 e. The van der Waals surface area contributed by atoms with E-state index in [1.54, 1.807) is 26.0 Å². The van der Waals surface area contributed by atoms with Gasteiger partial charge in [-0.05, 0) is 52.5 Å². The molecule has 0 radical (unpaired) electrons. The minimum Gasteiger partial charge on any atom is -0.459 e. The van der Waals surface area contributed by atoms with E-state index in [1.165, 1.54) is 20.1 Å². The number of alkyl halides is 1. The van der Waals surface area contributed by atoms with Gasteiger partial charge >= 0.3 is 5.97 Å². The molecule has 2 saturated heterocycles. The highest BCUT2D eigenvalue weighted by Crippen LogP contribution is 2.38. The van der Waals surface area contributed by atoms with E-state index in [0.717, 1.165) is 12.0 Å². The molecule has 2 aliphatic rings. The van der Waals surface area contributed by atoms with Gasteiger partial charge in [0.1, 0.15) is 23.9 Å². The van der Waals surface area contributed by atoms with Crippen LogP contribution in [-0.2, 0) is 28.5 Å². The van der Waals surface area contributed by atoms with E-state index < -0.39 is 35.7 Å². The first-order valence-electron chi connectivity index (χ1n) is 13.1. The Morgan fingerprint density at radius 1 is 1.26 bits per heavy atom. The Morgan fingerprint density at radius 2 is 1.95 bits per heavy atom. The van der Waals surface area contributed by atoms with Crippen LogP contribution in [0.2, 0.25) is 0 Å². The van der Waals surface area contributed by atoms with E-state index in [-0.39, 0.29) is 42.4 Å². The van der Waals surface area contributed by atoms with Gasteiger partial charge in [-0.1, -0.05) is 30.7 Å². The zero-order chi connectivity index (χ0) is 28.7. The summed E-state index contributed by atoms with van der Waals surface area (Å²) in [5, 5.41) is 24.4. The summed E-state index contributed by atoms with van der Waals surface area (Å²) in [6.45, 7) is 10.7. The topological polar surface area (TPSA) is 124 Å². The van der Waals surface area contributed by atoms with Gasteiger partial charge in [0.2, 0.25) is 5.91 Å². The summed E-state index contributed by atoms with van der Waals surface area (Å²) in [4.78, 5) is 23.3. The van der Waals surface area contributed by atoms with Crippen molar-refractivity contribution in [1.29, 1.82) is 0 Å². The smallest absolute Gasteiger partial charge is 0.303 e. The second-order valence-electron chi connectivity index (χ2n) is 10.7. The number of hydrogen-bond acceptors (Lipinski definition) is 8. The van der Waals surface area contributed by atoms with Gasteiger partial charge in [0.05, 0.1) is 24.1 Å². The number of halogens is 1. The maximum atomic E-state index is 12.3. The number of aliphatic hydroxyl groups excluding tert-OH is 1. The minimum atomic E-state index is -1.53. The first-order valence-corrected chi connectivity index (χ1v) is 13.6. The third kappa shape index (κ3) is 9.17. The van der Waals surface area contributed by atoms with Gasteiger partial charge in [-0.25, -0.2) is 0 Å². The summed E-state index contributed by atoms with van der Waals surface area (Å²) in [7, 11) is 1.49. The van der Waals surface area contributed by atoms with E-state index in [9.17, 15) is 19.8 Å². The Bertz CT molecular complexity index is 907. The number of allylic oxidation sites excluding steroid dienone is 2. The molecule has 216 valence electrons. The highest BCUT2D eigenvalue weighted by molar-refractivity contribution is 6.18. The van der Waals surface area contributed by atoms with Crippen molar-refractivity contribution in [1.82, 2.24) is 5.32 Å². The molecule has 9 atom stereocenters. The molecule has 9 nitrogen and oxygen atoms in total. The molecule has 0 aromatic carbocycles. The van der Waals surface area contributed by atoms with Crippen LogP contribution in [0.15, 0.2) is 36.0 Å². The van der Waals surface area contributed by atoms with Crippen molar-refractivity contribution in [3.63, 3.8) is 0 Å². The number of amides is 1. The largest absolute Gasteiger partial charge is 0.459 e. The molecule has 0 bridgehead atoms. The number of aliphatic hydroxyl groups is 2. The Labute approximate surface area is 231 Å². The van der Waals surface area contributed by atoms with Gasteiger partial charge in [-0.15, -0.1) is 11.6 Å². The van der Waals surface area contributed by atoms with Gasteiger partial charge < -0.3 is 34.5 Å². The van der Waals surface area contributed by atoms with Crippen molar-refractivity contribution in [2.24, 2.45) is 5.92 Å². The number of methoxy groups -OCH3 is 1. The summed E-state index contributed by atoms with van der Waals surface area (Å²) in [6, 6.07) is -0.131. The molecule has 0 aromatic rings. The van der Waals surface area contributed by atoms with Gasteiger partial charge in [0.15, 0.2) is 5.79 Å². The normalized spacial score (nSPS) is 37.4. The highest BCUT2D eigenvalue weighted by Gasteiger charge is 2.52. The minimum absolute atomic E-state index is 0.0179. The predicted molar refractivity (Wildman–Crippen MR) is 145 cm³/mol. The third-order valence-electron chi connectivity index (χ3n) is 7.17. The summed E-state index contributed by atoms with van der Waals surface area (Å²) >= 11 is 5.96. The molecule has 3 N–H and O–H groups in total. The predicted octanol–water partition coefficient (Wildman–Crippen LogP) is 3.17. The summed E-state index contributed by atoms with van der Waals surface area (Å²) in [5.41, 5.74) is -0.577. The molecule has 2 heterocycles. The van der Waals surface area contributed by atoms with Crippen LogP contribution < -0.4 is 5.32 Å². The quantitative estimate of drug-likeness (QED) is 0.162. The number of rotatable bonds is 10. The van der Waals surface area contributed by atoms with E-state index in [2.05, 4.69) is 18.3 Å². The molecular weight excluding hydrogens is 514 g/mol. The lowest BCUT2D eigenvalue weighted by molar-refractivity contribution is -0.311. The molecule has 0 saturated carbocycles. The molecule has 0 aromatic heterocycles. The lowest BCUT2D eigenvalue weighted by atomic mass is 9.84. The summed E-state index contributed by atoms with van der Waals surface area (Å²) < 4.78 is 22.5. The Balaban J connectivity index is 1.93. The standard InChI is InChI=1S/C28H44ClNO8/c1-17(9-12-24-26(33)28(34,16-29)15-27(6,35-7)38-24)8-11-23-18(2)14-22(20(4)37-23)30-25(32)13-10-19(3)36-21(5)31/h8-10,12-13,18-20,22-24,26,33-34H,11,14-16H2,1-7H3,(H,30,32)/b12-9?,13-10-,17-8+. The van der Waals surface area contributed by atoms with Crippen LogP contribution in [0, 0.1) is 5.92 Å². The van der Waals surface area contributed by atoms with E-state index in [4.69, 9.17) is 30.5 Å². The highest BCUT2D eigenvalue weighted by atomic mass is 35.5. The molecule has 0 spiro atoms. The Morgan fingerprint density at radius 3 is 2.55 bits per heavy atom. The van der Waals surface area contributed by atoms with E-state index >= 15 is 0 Å². The summed E-state index contributed by atoms with van der Waals surface area (Å²) in [6.07, 6.45) is 7.38. The molecule has 2 fully saturated rings. The monoisotopic (exact) mass is 557 g/mol. The van der Waals surface area contributed by atoms with Gasteiger partial charge in [0, 0.05) is 26.5 Å². The number of carbonyl (C=O) groups is 2. The maximum absolute atomic E-state index is 12.3. The molecule has 0 aliphatic carbocycles. The van der Waals surface area contributed by atoms with Crippen LogP contribution in [0.25, 0.3) is 0 Å². The summed E-state index contributed by atoms with van der Waals surface area (Å²) in [5.74, 6) is -1.66. The zero-order valence-electron chi connectivity index (χ0n) is 23.5. The van der Waals surface area contributed by atoms with Gasteiger partial charge in [-0.2, -0.15) is 0 Å². The zero-order valence-corrected chi connectivity index (χ0v) is 24.2. The fourth-order valence-electron chi connectivity index (χ4n) is 4.84. The molecule has 2 rings (SSSR count). The molecule has 1 amide bonds. The average Bonchev–Trinajstić information content (AvgIpc) is 2.85. The molecule has 2 aliphatic heterocycles. The number of nitrogens with one attached hydrogen (secondary N) is 1. The number of ether oxygens (including phenoxy) is 4. The second-order valence-corrected chi connectivity index (χ2v) is 11.0. The van der Waals surface area contributed by atoms with Crippen molar-refractivity contribution in [3.8, 4) is 0 Å². The van der Waals surface area contributed by atoms with E-state index in [1.807, 2.05) is 19.9 Å². The van der Waals surface area contributed by atoms with E-state index in [0.29, 0.717) is 6.42 Å². The lowest BCUT2D eigenvalue weighted by Gasteiger charge is -2.47. The molecule has 38 heavy (non-hydrogen) atoms. The average molecular weight is 558 g/mol. The first-order chi connectivity index (χ1) is 17.7. The molecule has 9 unspecified atom stereocenters. The molecular formula is C28H44ClNO8. The van der Waals surface area contributed by atoms with Crippen molar-refractivity contribution >= 4 is 23.5 Å². The number of esters is 1. The number of hydrogen-bond donors (Lipinski definition) is 3. The fraction of sp³-hybridized carbons (Fsp3) is 0.714. The second kappa shape index (κ2) is 14.1. The van der Waals surface area contributed by atoms with Crippen molar-refractivity contribution in [2.75, 3.05) is 13.0 Å². The SMILES string of the molecule is COC1(C)CC(O)(CCl)C(O)C(C=C/C(C)=C/CC2OC(C)C(NC(=O)/C=C\C(C)OC(C)=O)CC2C)O1. The third-order valence-corrected chi connectivity index (χ3v) is 7.64. The fourth-order valence-corrected chi connectivity index (χ4v) is 5.09. The van der Waals surface area contributed by atoms with Crippen molar-refractivity contribution in [2.45, 2.75) is 109 Å². The van der Waals surface area contributed by atoms with Crippen LogP contribution in [0.5, 0.6) is 0 Å². The lowest BCUT2D eigenvalue weighted by Crippen LogP contribution is -2.62. The van der Waals surface area contributed by atoms with Crippen molar-refractivity contribution < 1.29 is 38.7 Å². The Hall–Kier alpha value is -1.75. The number of carbonyl (C=O) groups excluding carboxylic acids is 2. The van der Waals surface area contributed by atoms with Crippen LogP contribution in [0.1, 0.15) is 60.8 Å².